The second kappa shape index (κ2) is 13.9. The highest BCUT2D eigenvalue weighted by molar-refractivity contribution is 9.10. The van der Waals surface area contributed by atoms with Crippen molar-refractivity contribution in [2.24, 2.45) is 0 Å². The molecule has 1 heterocycles. The molecule has 8 nitrogen and oxygen atoms in total. The number of carboxylic acids is 1. The van der Waals surface area contributed by atoms with Gasteiger partial charge in [0, 0.05) is 46.2 Å². The van der Waals surface area contributed by atoms with Crippen LogP contribution in [0, 0.1) is 11.3 Å². The number of aliphatic carboxylic acids is 1. The number of rotatable bonds is 12. The molecule has 0 aliphatic heterocycles. The second-order valence-corrected chi connectivity index (χ2v) is 9.96. The van der Waals surface area contributed by atoms with E-state index in [2.05, 4.69) is 26.2 Å². The molecule has 0 fully saturated rings. The number of carbonyl (C=O) groups is 1. The summed E-state index contributed by atoms with van der Waals surface area (Å²) in [6.07, 6.45) is 3.05. The van der Waals surface area contributed by atoms with Gasteiger partial charge in [-0.25, -0.2) is 0 Å². The quantitative estimate of drug-likeness (QED) is 0.183. The van der Waals surface area contributed by atoms with E-state index in [1.807, 2.05) is 54.6 Å². The van der Waals surface area contributed by atoms with E-state index in [-0.39, 0.29) is 19.8 Å². The van der Waals surface area contributed by atoms with Crippen molar-refractivity contribution in [3.63, 3.8) is 0 Å². The van der Waals surface area contributed by atoms with Gasteiger partial charge in [0.2, 0.25) is 0 Å². The van der Waals surface area contributed by atoms with E-state index in [0.717, 1.165) is 21.2 Å². The van der Waals surface area contributed by atoms with E-state index in [4.69, 9.17) is 26.3 Å². The fourth-order valence-electron chi connectivity index (χ4n) is 3.90. The van der Waals surface area contributed by atoms with Crippen LogP contribution in [-0.2, 0) is 24.6 Å². The van der Waals surface area contributed by atoms with Crippen molar-refractivity contribution < 1.29 is 24.5 Å². The van der Waals surface area contributed by atoms with Gasteiger partial charge in [-0.05, 0) is 39.2 Å². The number of benzene rings is 3. The maximum atomic E-state index is 11.4. The van der Waals surface area contributed by atoms with Crippen LogP contribution in [0.1, 0.15) is 22.3 Å². The zero-order valence-corrected chi connectivity index (χ0v) is 23.5. The molecule has 0 saturated heterocycles. The number of nitrogens with one attached hydrogen (secondary N) is 1. The third-order valence-corrected chi connectivity index (χ3v) is 7.23. The summed E-state index contributed by atoms with van der Waals surface area (Å²) in [6.45, 7) is -0.195. The van der Waals surface area contributed by atoms with Crippen LogP contribution in [0.5, 0.6) is 11.5 Å². The van der Waals surface area contributed by atoms with Gasteiger partial charge in [0.05, 0.1) is 17.2 Å². The number of aliphatic hydroxyl groups is 1. The van der Waals surface area contributed by atoms with Gasteiger partial charge >= 0.3 is 5.97 Å². The first-order valence-corrected chi connectivity index (χ1v) is 13.4. The lowest BCUT2D eigenvalue weighted by atomic mass is 10.0. The molecule has 204 valence electrons. The number of hydrogen-bond acceptors (Lipinski definition) is 7. The Morgan fingerprint density at radius 3 is 2.52 bits per heavy atom. The maximum absolute atomic E-state index is 11.4. The molecule has 40 heavy (non-hydrogen) atoms. The Kier molecular flexibility index (Phi) is 10.1. The highest BCUT2D eigenvalue weighted by Crippen LogP contribution is 2.36. The Labute approximate surface area is 244 Å². The zero-order chi connectivity index (χ0) is 28.5. The molecule has 4 aromatic rings. The first-order chi connectivity index (χ1) is 19.4. The summed E-state index contributed by atoms with van der Waals surface area (Å²) in [5.41, 5.74) is 4.66. The molecule has 1 aromatic heterocycles. The van der Waals surface area contributed by atoms with Crippen molar-refractivity contribution in [1.29, 1.82) is 5.26 Å². The summed E-state index contributed by atoms with van der Waals surface area (Å²) in [6, 6.07) is 21.8. The van der Waals surface area contributed by atoms with Crippen LogP contribution >= 0.6 is 27.5 Å². The number of aromatic nitrogens is 1. The van der Waals surface area contributed by atoms with Crippen molar-refractivity contribution in [3.05, 3.63) is 111 Å². The van der Waals surface area contributed by atoms with E-state index in [1.165, 1.54) is 6.20 Å². The van der Waals surface area contributed by atoms with Gasteiger partial charge in [0.1, 0.15) is 36.8 Å². The van der Waals surface area contributed by atoms with Gasteiger partial charge in [0.15, 0.2) is 0 Å². The average Bonchev–Trinajstić information content (AvgIpc) is 2.97. The first kappa shape index (κ1) is 29.1. The maximum Gasteiger partial charge on any atom is 0.323 e. The Morgan fingerprint density at radius 1 is 1.02 bits per heavy atom. The fourth-order valence-corrected chi connectivity index (χ4v) is 4.75. The number of halogens is 2. The van der Waals surface area contributed by atoms with Crippen molar-refractivity contribution in [3.8, 4) is 28.7 Å². The molecule has 1 unspecified atom stereocenters. The summed E-state index contributed by atoms with van der Waals surface area (Å²) < 4.78 is 13.1. The van der Waals surface area contributed by atoms with Crippen molar-refractivity contribution in [2.75, 3.05) is 6.61 Å². The summed E-state index contributed by atoms with van der Waals surface area (Å²) in [7, 11) is 0. The standard InChI is InChI=1S/C30H25BrClN3O5/c31-29-22(7-4-8-24(29)21-5-2-1-3-6-21)18-40-28-11-27(39-17-20-9-19(12-33)13-34-14-20)23(10-25(28)32)15-35-26(16-36)30(37)38/h1-11,13-14,26,35-36H,15-18H2,(H,37,38). The van der Waals surface area contributed by atoms with Crippen LogP contribution in [-0.4, -0.2) is 33.8 Å². The number of ether oxygens (including phenoxy) is 2. The number of hydrogen-bond donors (Lipinski definition) is 3. The largest absolute Gasteiger partial charge is 0.488 e. The minimum absolute atomic E-state index is 0.0635. The van der Waals surface area contributed by atoms with Crippen LogP contribution in [0.4, 0.5) is 0 Å². The molecule has 0 spiro atoms. The SMILES string of the molecule is N#Cc1cncc(COc2cc(OCc3cccc(-c4ccccc4)c3Br)c(Cl)cc2CNC(CO)C(=O)O)c1. The summed E-state index contributed by atoms with van der Waals surface area (Å²) in [5.74, 6) is -0.412. The van der Waals surface area contributed by atoms with Crippen molar-refractivity contribution >= 4 is 33.5 Å². The summed E-state index contributed by atoms with van der Waals surface area (Å²) in [5, 5.41) is 30.9. The third kappa shape index (κ3) is 7.37. The Hall–Kier alpha value is -3.94. The van der Waals surface area contributed by atoms with Crippen LogP contribution < -0.4 is 14.8 Å². The van der Waals surface area contributed by atoms with E-state index >= 15 is 0 Å². The normalized spacial score (nSPS) is 11.4. The predicted molar refractivity (Wildman–Crippen MR) is 154 cm³/mol. The Bertz CT molecular complexity index is 1530. The smallest absolute Gasteiger partial charge is 0.323 e. The minimum Gasteiger partial charge on any atom is -0.488 e. The second-order valence-electron chi connectivity index (χ2n) is 8.76. The van der Waals surface area contributed by atoms with Gasteiger partial charge in [-0.15, -0.1) is 0 Å². The fraction of sp³-hybridized carbons (Fsp3) is 0.167. The van der Waals surface area contributed by atoms with Crippen molar-refractivity contribution in [2.45, 2.75) is 25.8 Å². The molecule has 1 atom stereocenters. The molecular weight excluding hydrogens is 598 g/mol. The topological polar surface area (TPSA) is 125 Å². The van der Waals surface area contributed by atoms with E-state index in [0.29, 0.717) is 33.2 Å². The lowest BCUT2D eigenvalue weighted by Gasteiger charge is -2.18. The Morgan fingerprint density at radius 2 is 1.80 bits per heavy atom. The van der Waals surface area contributed by atoms with Crippen LogP contribution in [0.15, 0.2) is 83.6 Å². The van der Waals surface area contributed by atoms with Gasteiger partial charge < -0.3 is 19.7 Å². The molecular formula is C30H25BrClN3O5. The zero-order valence-electron chi connectivity index (χ0n) is 21.2. The first-order valence-electron chi connectivity index (χ1n) is 12.2. The van der Waals surface area contributed by atoms with E-state index < -0.39 is 18.6 Å². The monoisotopic (exact) mass is 621 g/mol. The van der Waals surface area contributed by atoms with Crippen molar-refractivity contribution in [1.82, 2.24) is 10.3 Å². The van der Waals surface area contributed by atoms with Gasteiger partial charge in [-0.2, -0.15) is 5.26 Å². The molecule has 0 aliphatic carbocycles. The highest BCUT2D eigenvalue weighted by Gasteiger charge is 2.18. The Balaban J connectivity index is 1.58. The molecule has 0 aliphatic rings. The summed E-state index contributed by atoms with van der Waals surface area (Å²) in [4.78, 5) is 15.4. The summed E-state index contributed by atoms with van der Waals surface area (Å²) >= 11 is 10.3. The van der Waals surface area contributed by atoms with Crippen LogP contribution in [0.2, 0.25) is 5.02 Å². The molecule has 0 saturated carbocycles. The van der Waals surface area contributed by atoms with E-state index in [1.54, 1.807) is 24.4 Å². The molecule has 3 aromatic carbocycles. The number of carboxylic acid groups (broad SMARTS) is 1. The molecule has 4 rings (SSSR count). The number of nitriles is 1. The van der Waals surface area contributed by atoms with E-state index in [9.17, 15) is 15.0 Å². The minimum atomic E-state index is -1.18. The number of nitrogens with zero attached hydrogens (tertiary/aromatic N) is 2. The third-order valence-electron chi connectivity index (χ3n) is 6.00. The number of aliphatic hydroxyl groups excluding tert-OH is 1. The van der Waals surface area contributed by atoms with Crippen LogP contribution in [0.25, 0.3) is 11.1 Å². The molecule has 0 bridgehead atoms. The van der Waals surface area contributed by atoms with Gasteiger partial charge in [-0.1, -0.05) is 60.1 Å². The highest BCUT2D eigenvalue weighted by atomic mass is 79.9. The molecule has 0 radical (unpaired) electrons. The lowest BCUT2D eigenvalue weighted by molar-refractivity contribution is -0.140. The van der Waals surface area contributed by atoms with Gasteiger partial charge in [0.25, 0.3) is 0 Å². The molecule has 0 amide bonds. The lowest BCUT2D eigenvalue weighted by Crippen LogP contribution is -2.39. The van der Waals surface area contributed by atoms with Gasteiger partial charge in [-0.3, -0.25) is 15.1 Å². The molecule has 3 N–H and O–H groups in total. The number of pyridine rings is 1. The molecule has 10 heteroatoms. The predicted octanol–water partition coefficient (Wildman–Crippen LogP) is 5.73. The average molecular weight is 623 g/mol. The van der Waals surface area contributed by atoms with Crippen LogP contribution in [0.3, 0.4) is 0 Å².